The van der Waals surface area contributed by atoms with Gasteiger partial charge in [-0.15, -0.1) is 0 Å². The second-order valence-corrected chi connectivity index (χ2v) is 11.3. The number of halogens is 1. The Bertz CT molecular complexity index is 1230. The van der Waals surface area contributed by atoms with E-state index in [4.69, 9.17) is 20.4 Å². The van der Waals surface area contributed by atoms with Gasteiger partial charge in [0.2, 0.25) is 0 Å². The first-order valence-corrected chi connectivity index (χ1v) is 12.3. The maximum atomic E-state index is 12.4. The van der Waals surface area contributed by atoms with Gasteiger partial charge in [-0.2, -0.15) is 0 Å². The van der Waals surface area contributed by atoms with Crippen LogP contribution < -0.4 is 5.32 Å². The fraction of sp³-hybridized carbons (Fsp3) is 0.429. The van der Waals surface area contributed by atoms with E-state index in [1.165, 1.54) is 12.1 Å². The van der Waals surface area contributed by atoms with Gasteiger partial charge >= 0.3 is 0 Å². The second kappa shape index (κ2) is 6.85. The summed E-state index contributed by atoms with van der Waals surface area (Å²) in [4.78, 5) is 16.9. The molecule has 9 heteroatoms. The zero-order valence-electron chi connectivity index (χ0n) is 16.4. The van der Waals surface area contributed by atoms with Gasteiger partial charge in [-0.25, -0.2) is 13.4 Å². The number of rotatable bonds is 5. The summed E-state index contributed by atoms with van der Waals surface area (Å²) >= 11 is 6.01. The Morgan fingerprint density at radius 1 is 1.20 bits per heavy atom. The highest BCUT2D eigenvalue weighted by atomic mass is 35.5. The SMILES string of the molecule is CS(=O)(=O)Cc1ccc(C(=O)NC2CC3(C2)CC(c2nc4cc(Cl)ccc4o2)C3)o1. The lowest BCUT2D eigenvalue weighted by Crippen LogP contribution is -2.55. The highest BCUT2D eigenvalue weighted by Gasteiger charge is 2.54. The molecule has 0 atom stereocenters. The van der Waals surface area contributed by atoms with Crippen molar-refractivity contribution in [3.63, 3.8) is 0 Å². The lowest BCUT2D eigenvalue weighted by Gasteiger charge is -2.57. The summed E-state index contributed by atoms with van der Waals surface area (Å²) in [7, 11) is -3.20. The number of hydrogen-bond donors (Lipinski definition) is 1. The molecule has 30 heavy (non-hydrogen) atoms. The van der Waals surface area contributed by atoms with Gasteiger partial charge in [0.25, 0.3) is 5.91 Å². The van der Waals surface area contributed by atoms with Gasteiger partial charge < -0.3 is 14.2 Å². The Labute approximate surface area is 178 Å². The second-order valence-electron chi connectivity index (χ2n) is 8.68. The standard InChI is InChI=1S/C21H21ClN2O5S/c1-30(26,27)11-15-3-5-18(28-15)19(25)23-14-9-21(10-14)7-12(8-21)20-24-16-6-13(22)2-4-17(16)29-20/h2-6,12,14H,7-11H2,1H3,(H,23,25). The predicted octanol–water partition coefficient (Wildman–Crippen LogP) is 4.08. The number of hydrogen-bond acceptors (Lipinski definition) is 6. The first-order chi connectivity index (χ1) is 14.2. The third kappa shape index (κ3) is 3.74. The van der Waals surface area contributed by atoms with Crippen molar-refractivity contribution in [2.24, 2.45) is 5.41 Å². The molecule has 3 aromatic rings. The molecule has 0 bridgehead atoms. The molecule has 1 amide bonds. The summed E-state index contributed by atoms with van der Waals surface area (Å²) in [6, 6.07) is 8.59. The van der Waals surface area contributed by atoms with Crippen molar-refractivity contribution >= 4 is 38.4 Å². The first kappa shape index (κ1) is 19.6. The van der Waals surface area contributed by atoms with Gasteiger partial charge in [-0.1, -0.05) is 11.6 Å². The number of fused-ring (bicyclic) bond motifs is 1. The van der Waals surface area contributed by atoms with Crippen molar-refractivity contribution in [1.29, 1.82) is 0 Å². The smallest absolute Gasteiger partial charge is 0.287 e. The molecule has 0 saturated heterocycles. The largest absolute Gasteiger partial charge is 0.455 e. The Balaban J connectivity index is 1.14. The highest BCUT2D eigenvalue weighted by molar-refractivity contribution is 7.89. The molecule has 5 rings (SSSR count). The minimum atomic E-state index is -3.20. The van der Waals surface area contributed by atoms with E-state index in [9.17, 15) is 13.2 Å². The van der Waals surface area contributed by atoms with Crippen molar-refractivity contribution < 1.29 is 22.0 Å². The fourth-order valence-electron chi connectivity index (χ4n) is 4.77. The van der Waals surface area contributed by atoms with Crippen LogP contribution in [0.5, 0.6) is 0 Å². The van der Waals surface area contributed by atoms with Gasteiger partial charge in [-0.3, -0.25) is 4.79 Å². The third-order valence-electron chi connectivity index (χ3n) is 6.06. The molecule has 0 radical (unpaired) electrons. The van der Waals surface area contributed by atoms with Crippen LogP contribution in [0, 0.1) is 5.41 Å². The van der Waals surface area contributed by atoms with Gasteiger partial charge in [0, 0.05) is 23.2 Å². The van der Waals surface area contributed by atoms with Crippen LogP contribution in [0.15, 0.2) is 39.2 Å². The molecule has 2 heterocycles. The number of oxazole rings is 1. The first-order valence-electron chi connectivity index (χ1n) is 9.81. The number of benzene rings is 1. The van der Waals surface area contributed by atoms with Crippen LogP contribution in [-0.4, -0.2) is 31.6 Å². The molecule has 2 aliphatic rings. The van der Waals surface area contributed by atoms with Crippen LogP contribution >= 0.6 is 11.6 Å². The lowest BCUT2D eigenvalue weighted by atomic mass is 9.50. The Morgan fingerprint density at radius 2 is 1.97 bits per heavy atom. The number of amides is 1. The molecular weight excluding hydrogens is 428 g/mol. The van der Waals surface area contributed by atoms with Crippen LogP contribution in [0.2, 0.25) is 5.02 Å². The topological polar surface area (TPSA) is 102 Å². The fourth-order valence-corrected chi connectivity index (χ4v) is 5.61. The molecule has 2 aromatic heterocycles. The van der Waals surface area contributed by atoms with E-state index in [2.05, 4.69) is 10.3 Å². The van der Waals surface area contributed by atoms with Crippen molar-refractivity contribution in [1.82, 2.24) is 10.3 Å². The molecule has 0 aliphatic heterocycles. The van der Waals surface area contributed by atoms with Gasteiger partial charge in [0.15, 0.2) is 27.1 Å². The summed E-state index contributed by atoms with van der Waals surface area (Å²) in [5.41, 5.74) is 1.78. The van der Waals surface area contributed by atoms with Crippen molar-refractivity contribution in [2.45, 2.75) is 43.4 Å². The molecular formula is C21H21ClN2O5S. The molecule has 1 aromatic carbocycles. The maximum absolute atomic E-state index is 12.4. The predicted molar refractivity (Wildman–Crippen MR) is 111 cm³/mol. The number of nitrogens with zero attached hydrogens (tertiary/aromatic N) is 1. The molecule has 2 fully saturated rings. The van der Waals surface area contributed by atoms with E-state index in [1.54, 1.807) is 6.07 Å². The molecule has 7 nitrogen and oxygen atoms in total. The van der Waals surface area contributed by atoms with Crippen LogP contribution in [0.25, 0.3) is 11.1 Å². The average Bonchev–Trinajstić information content (AvgIpc) is 3.20. The van der Waals surface area contributed by atoms with Crippen LogP contribution in [0.3, 0.4) is 0 Å². The van der Waals surface area contributed by atoms with Crippen LogP contribution in [-0.2, 0) is 15.6 Å². The van der Waals surface area contributed by atoms with E-state index in [0.717, 1.165) is 48.9 Å². The minimum Gasteiger partial charge on any atom is -0.455 e. The van der Waals surface area contributed by atoms with E-state index in [-0.39, 0.29) is 34.6 Å². The molecule has 2 saturated carbocycles. The monoisotopic (exact) mass is 448 g/mol. The molecule has 0 unspecified atom stereocenters. The summed E-state index contributed by atoms with van der Waals surface area (Å²) in [6.07, 6.45) is 4.96. The van der Waals surface area contributed by atoms with Crippen molar-refractivity contribution in [3.8, 4) is 0 Å². The van der Waals surface area contributed by atoms with E-state index in [1.807, 2.05) is 12.1 Å². The van der Waals surface area contributed by atoms with Crippen LogP contribution in [0.1, 0.15) is 53.8 Å². The summed E-state index contributed by atoms with van der Waals surface area (Å²) < 4.78 is 33.9. The van der Waals surface area contributed by atoms with Gasteiger partial charge in [0.1, 0.15) is 17.0 Å². The number of sulfone groups is 1. The summed E-state index contributed by atoms with van der Waals surface area (Å²) in [5.74, 6) is 0.966. The number of carbonyl (C=O) groups excluding carboxylic acids is 1. The lowest BCUT2D eigenvalue weighted by molar-refractivity contribution is -0.0256. The van der Waals surface area contributed by atoms with Crippen molar-refractivity contribution in [2.75, 3.05) is 6.26 Å². The van der Waals surface area contributed by atoms with Crippen molar-refractivity contribution in [3.05, 3.63) is 52.8 Å². The number of furan rings is 1. The third-order valence-corrected chi connectivity index (χ3v) is 7.10. The van der Waals surface area contributed by atoms with E-state index >= 15 is 0 Å². The average molecular weight is 449 g/mol. The van der Waals surface area contributed by atoms with Gasteiger partial charge in [-0.05, 0) is 61.4 Å². The molecule has 2 aliphatic carbocycles. The summed E-state index contributed by atoms with van der Waals surface area (Å²) in [5, 5.41) is 3.62. The number of carbonyl (C=O) groups is 1. The highest BCUT2D eigenvalue weighted by Crippen LogP contribution is 2.61. The van der Waals surface area contributed by atoms with E-state index < -0.39 is 9.84 Å². The summed E-state index contributed by atoms with van der Waals surface area (Å²) in [6.45, 7) is 0. The maximum Gasteiger partial charge on any atom is 0.287 e. The quantitative estimate of drug-likeness (QED) is 0.631. The number of nitrogens with one attached hydrogen (secondary N) is 1. The number of aromatic nitrogens is 1. The van der Waals surface area contributed by atoms with E-state index in [0.29, 0.717) is 10.9 Å². The van der Waals surface area contributed by atoms with Crippen LogP contribution in [0.4, 0.5) is 0 Å². The Hall–Kier alpha value is -2.32. The minimum absolute atomic E-state index is 0.101. The molecule has 1 spiro atoms. The molecule has 1 N–H and O–H groups in total. The Morgan fingerprint density at radius 3 is 2.70 bits per heavy atom. The Kier molecular flexibility index (Phi) is 4.48. The molecule has 158 valence electrons. The zero-order valence-corrected chi connectivity index (χ0v) is 17.9. The normalized spacial score (nSPS) is 25.8. The van der Waals surface area contributed by atoms with Gasteiger partial charge in [0.05, 0.1) is 0 Å². The zero-order chi connectivity index (χ0) is 21.1.